The molecule has 3 rings (SSSR count). The molecule has 28 heavy (non-hydrogen) atoms. The SMILES string of the molecule is C[C@@H](C(=O)Nc1ccc([N+](=O)[O-])cc1Cl)N1CCN(c2ccccc2O)CC1. The summed E-state index contributed by atoms with van der Waals surface area (Å²) >= 11 is 6.05. The van der Waals surface area contributed by atoms with Crippen LogP contribution in [0.4, 0.5) is 17.1 Å². The second kappa shape index (κ2) is 8.45. The predicted molar refractivity (Wildman–Crippen MR) is 108 cm³/mol. The standard InChI is InChI=1S/C19H21ClN4O4/c1-13(19(26)21-16-7-6-14(24(27)28)12-15(16)20)22-8-10-23(11-9-22)17-4-2-3-5-18(17)25/h2-7,12-13,25H,8-11H2,1H3,(H,21,26)/t13-/m0/s1. The number of aromatic hydroxyl groups is 1. The van der Waals surface area contributed by atoms with Crippen LogP contribution >= 0.6 is 11.6 Å². The van der Waals surface area contributed by atoms with Crippen LogP contribution in [0.15, 0.2) is 42.5 Å². The van der Waals surface area contributed by atoms with Crippen molar-refractivity contribution >= 4 is 34.6 Å². The Balaban J connectivity index is 1.59. The molecular weight excluding hydrogens is 384 g/mol. The van der Waals surface area contributed by atoms with E-state index in [1.165, 1.54) is 18.2 Å². The normalized spacial score (nSPS) is 15.9. The van der Waals surface area contributed by atoms with Crippen molar-refractivity contribution in [3.05, 3.63) is 57.6 Å². The number of carbonyl (C=O) groups is 1. The van der Waals surface area contributed by atoms with Crippen LogP contribution in [0.25, 0.3) is 0 Å². The van der Waals surface area contributed by atoms with Crippen LogP contribution in [0, 0.1) is 10.1 Å². The number of phenolic OH excluding ortho intramolecular Hbond substituents is 1. The molecule has 1 heterocycles. The van der Waals surface area contributed by atoms with Crippen LogP contribution in [0.1, 0.15) is 6.92 Å². The Labute approximate surface area is 167 Å². The average molecular weight is 405 g/mol. The molecule has 1 aliphatic rings. The van der Waals surface area contributed by atoms with Crippen LogP contribution in [0.2, 0.25) is 5.02 Å². The lowest BCUT2D eigenvalue weighted by Gasteiger charge is -2.38. The number of halogens is 1. The van der Waals surface area contributed by atoms with E-state index in [1.54, 1.807) is 12.1 Å². The molecule has 148 valence electrons. The molecule has 1 atom stereocenters. The molecule has 1 fully saturated rings. The van der Waals surface area contributed by atoms with E-state index < -0.39 is 11.0 Å². The van der Waals surface area contributed by atoms with Crippen LogP contribution in [-0.2, 0) is 4.79 Å². The average Bonchev–Trinajstić information content (AvgIpc) is 2.69. The zero-order chi connectivity index (χ0) is 20.3. The quantitative estimate of drug-likeness (QED) is 0.586. The van der Waals surface area contributed by atoms with E-state index >= 15 is 0 Å². The summed E-state index contributed by atoms with van der Waals surface area (Å²) in [5, 5.41) is 23.6. The summed E-state index contributed by atoms with van der Waals surface area (Å²) in [5.41, 5.74) is 1.00. The first-order chi connectivity index (χ1) is 13.4. The van der Waals surface area contributed by atoms with Gasteiger partial charge in [0.1, 0.15) is 5.75 Å². The van der Waals surface area contributed by atoms with E-state index in [0.717, 1.165) is 5.69 Å². The van der Waals surface area contributed by atoms with Crippen molar-refractivity contribution in [1.82, 2.24) is 4.90 Å². The number of nitrogens with zero attached hydrogens (tertiary/aromatic N) is 3. The fraction of sp³-hybridized carbons (Fsp3) is 0.316. The van der Waals surface area contributed by atoms with Gasteiger partial charge in [-0.05, 0) is 25.1 Å². The molecule has 2 aromatic rings. The second-order valence-corrected chi connectivity index (χ2v) is 7.01. The number of anilines is 2. The van der Waals surface area contributed by atoms with Crippen LogP contribution in [0.5, 0.6) is 5.75 Å². The van der Waals surface area contributed by atoms with Gasteiger partial charge in [0.2, 0.25) is 5.91 Å². The molecule has 1 saturated heterocycles. The summed E-state index contributed by atoms with van der Waals surface area (Å²) in [7, 11) is 0. The van der Waals surface area contributed by atoms with Crippen LogP contribution < -0.4 is 10.2 Å². The number of phenols is 1. The maximum absolute atomic E-state index is 12.6. The Morgan fingerprint density at radius 3 is 2.50 bits per heavy atom. The van der Waals surface area contributed by atoms with Crippen molar-refractivity contribution in [2.45, 2.75) is 13.0 Å². The molecular formula is C19H21ClN4O4. The number of nitro groups is 1. The minimum absolute atomic E-state index is 0.124. The van der Waals surface area contributed by atoms with E-state index in [9.17, 15) is 20.0 Å². The lowest BCUT2D eigenvalue weighted by molar-refractivity contribution is -0.384. The molecule has 0 aliphatic carbocycles. The van der Waals surface area contributed by atoms with Gasteiger partial charge in [0.25, 0.3) is 5.69 Å². The van der Waals surface area contributed by atoms with Crippen molar-refractivity contribution < 1.29 is 14.8 Å². The zero-order valence-electron chi connectivity index (χ0n) is 15.3. The predicted octanol–water partition coefficient (Wildman–Crippen LogP) is 3.10. The maximum atomic E-state index is 12.6. The first kappa shape index (κ1) is 19.9. The molecule has 0 aromatic heterocycles. The van der Waals surface area contributed by atoms with Gasteiger partial charge in [-0.15, -0.1) is 0 Å². The smallest absolute Gasteiger partial charge is 0.271 e. The highest BCUT2D eigenvalue weighted by Crippen LogP contribution is 2.28. The minimum atomic E-state index is -0.538. The first-order valence-corrected chi connectivity index (χ1v) is 9.26. The topological polar surface area (TPSA) is 98.9 Å². The molecule has 0 saturated carbocycles. The number of benzene rings is 2. The highest BCUT2D eigenvalue weighted by atomic mass is 35.5. The number of rotatable bonds is 5. The molecule has 0 spiro atoms. The van der Waals surface area contributed by atoms with Crippen molar-refractivity contribution in [2.75, 3.05) is 36.4 Å². The van der Waals surface area contributed by atoms with Gasteiger partial charge in [-0.1, -0.05) is 23.7 Å². The summed E-state index contributed by atoms with van der Waals surface area (Å²) < 4.78 is 0. The van der Waals surface area contributed by atoms with E-state index in [0.29, 0.717) is 31.9 Å². The van der Waals surface area contributed by atoms with Crippen molar-refractivity contribution in [2.24, 2.45) is 0 Å². The van der Waals surface area contributed by atoms with Gasteiger partial charge in [0.05, 0.1) is 27.4 Å². The number of nitrogens with one attached hydrogen (secondary N) is 1. The Morgan fingerprint density at radius 2 is 1.89 bits per heavy atom. The highest BCUT2D eigenvalue weighted by Gasteiger charge is 2.27. The molecule has 1 aliphatic heterocycles. The molecule has 0 unspecified atom stereocenters. The van der Waals surface area contributed by atoms with Crippen molar-refractivity contribution in [3.63, 3.8) is 0 Å². The van der Waals surface area contributed by atoms with Crippen molar-refractivity contribution in [1.29, 1.82) is 0 Å². The summed E-state index contributed by atoms with van der Waals surface area (Å²) in [6.07, 6.45) is 0. The second-order valence-electron chi connectivity index (χ2n) is 6.60. The van der Waals surface area contributed by atoms with E-state index in [4.69, 9.17) is 11.6 Å². The molecule has 2 aromatic carbocycles. The number of nitro benzene ring substituents is 1. The monoisotopic (exact) mass is 404 g/mol. The van der Waals surface area contributed by atoms with Gasteiger partial charge < -0.3 is 15.3 Å². The van der Waals surface area contributed by atoms with Gasteiger partial charge >= 0.3 is 0 Å². The molecule has 2 N–H and O–H groups in total. The van der Waals surface area contributed by atoms with Crippen molar-refractivity contribution in [3.8, 4) is 5.75 Å². The fourth-order valence-corrected chi connectivity index (χ4v) is 3.43. The van der Waals surface area contributed by atoms with E-state index in [-0.39, 0.29) is 22.4 Å². The molecule has 9 heteroatoms. The first-order valence-electron chi connectivity index (χ1n) is 8.88. The number of para-hydroxylation sites is 2. The van der Waals surface area contributed by atoms with Gasteiger partial charge in [-0.25, -0.2) is 0 Å². The number of carbonyl (C=O) groups excluding carboxylic acids is 1. The summed E-state index contributed by atoms with van der Waals surface area (Å²) in [6.45, 7) is 4.51. The van der Waals surface area contributed by atoms with Crippen LogP contribution in [-0.4, -0.2) is 53.1 Å². The Hall–Kier alpha value is -2.84. The Kier molecular flexibility index (Phi) is 6.01. The Morgan fingerprint density at radius 1 is 1.21 bits per heavy atom. The van der Waals surface area contributed by atoms with Gasteiger partial charge in [-0.2, -0.15) is 0 Å². The maximum Gasteiger partial charge on any atom is 0.271 e. The lowest BCUT2D eigenvalue weighted by Crippen LogP contribution is -2.52. The molecule has 0 bridgehead atoms. The lowest BCUT2D eigenvalue weighted by atomic mass is 10.2. The Bertz CT molecular complexity index is 884. The van der Waals surface area contributed by atoms with Gasteiger partial charge in [0.15, 0.2) is 0 Å². The zero-order valence-corrected chi connectivity index (χ0v) is 16.1. The largest absolute Gasteiger partial charge is 0.506 e. The highest BCUT2D eigenvalue weighted by molar-refractivity contribution is 6.34. The number of non-ortho nitro benzene ring substituents is 1. The third-order valence-corrected chi connectivity index (χ3v) is 5.20. The van der Waals surface area contributed by atoms with Gasteiger partial charge in [0, 0.05) is 38.3 Å². The molecule has 1 amide bonds. The summed E-state index contributed by atoms with van der Waals surface area (Å²) in [5.74, 6) is 0.0151. The molecule has 8 nitrogen and oxygen atoms in total. The van der Waals surface area contributed by atoms with E-state index in [1.807, 2.05) is 24.0 Å². The fourth-order valence-electron chi connectivity index (χ4n) is 3.20. The van der Waals surface area contributed by atoms with Crippen LogP contribution in [0.3, 0.4) is 0 Å². The molecule has 0 radical (unpaired) electrons. The number of amides is 1. The number of hydrogen-bond acceptors (Lipinski definition) is 6. The third kappa shape index (κ3) is 4.35. The summed E-state index contributed by atoms with van der Waals surface area (Å²) in [4.78, 5) is 27.0. The van der Waals surface area contributed by atoms with E-state index in [2.05, 4.69) is 10.2 Å². The number of hydrogen-bond donors (Lipinski definition) is 2. The summed E-state index contributed by atoms with van der Waals surface area (Å²) in [6, 6.07) is 10.8. The minimum Gasteiger partial charge on any atom is -0.506 e. The number of piperazine rings is 1. The van der Waals surface area contributed by atoms with Gasteiger partial charge in [-0.3, -0.25) is 19.8 Å². The third-order valence-electron chi connectivity index (χ3n) is 4.89.